The van der Waals surface area contributed by atoms with Crippen LogP contribution in [0.25, 0.3) is 32.3 Å². The summed E-state index contributed by atoms with van der Waals surface area (Å²) < 4.78 is 7.15. The number of benzene rings is 4. The number of nitrogens with one attached hydrogen (secondary N) is 2. The van der Waals surface area contributed by atoms with Gasteiger partial charge in [-0.1, -0.05) is 48.5 Å². The van der Waals surface area contributed by atoms with Crippen LogP contribution in [0.3, 0.4) is 0 Å². The van der Waals surface area contributed by atoms with Crippen LogP contribution in [0, 0.1) is 6.92 Å². The average molecular weight is 500 g/mol. The molecule has 2 heterocycles. The molecule has 1 saturated heterocycles. The summed E-state index contributed by atoms with van der Waals surface area (Å²) in [7, 11) is 0. The minimum atomic E-state index is -1.52. The molecule has 0 saturated carbocycles. The number of aromatic amines is 1. The van der Waals surface area contributed by atoms with Gasteiger partial charge in [-0.15, -0.1) is 0 Å². The molecule has 4 aromatic carbocycles. The molecule has 9 heteroatoms. The fourth-order valence-electron chi connectivity index (χ4n) is 5.39. The van der Waals surface area contributed by atoms with Crippen LogP contribution in [0.4, 0.5) is 0 Å². The average Bonchev–Trinajstić information content (AvgIpc) is 3.24. The van der Waals surface area contributed by atoms with Crippen molar-refractivity contribution in [3.63, 3.8) is 0 Å². The first-order valence-corrected chi connectivity index (χ1v) is 12.0. The van der Waals surface area contributed by atoms with E-state index in [1.54, 1.807) is 13.0 Å². The Kier molecular flexibility index (Phi) is 5.38. The first kappa shape index (κ1) is 23.4. The Morgan fingerprint density at radius 2 is 1.76 bits per heavy atom. The highest BCUT2D eigenvalue weighted by atomic mass is 16.6. The maximum atomic E-state index is 13.4. The monoisotopic (exact) mass is 499 g/mol. The number of carbonyl (C=O) groups excluding carboxylic acids is 1. The van der Waals surface area contributed by atoms with Crippen molar-refractivity contribution in [1.29, 1.82) is 0 Å². The van der Waals surface area contributed by atoms with E-state index < -0.39 is 35.8 Å². The van der Waals surface area contributed by atoms with Gasteiger partial charge >= 0.3 is 5.69 Å². The van der Waals surface area contributed by atoms with Crippen molar-refractivity contribution in [2.45, 2.75) is 31.3 Å². The fraction of sp³-hybridized carbons (Fsp3) is 0.250. The zero-order valence-electron chi connectivity index (χ0n) is 20.0. The van der Waals surface area contributed by atoms with Crippen LogP contribution in [-0.4, -0.2) is 50.5 Å². The highest BCUT2D eigenvalue weighted by Gasteiger charge is 2.49. The van der Waals surface area contributed by atoms with Crippen LogP contribution < -0.4 is 16.6 Å². The topological polar surface area (TPSA) is 134 Å². The van der Waals surface area contributed by atoms with Gasteiger partial charge in [0.05, 0.1) is 19.3 Å². The molecule has 0 radical (unpaired) electrons. The van der Waals surface area contributed by atoms with Crippen molar-refractivity contribution in [2.75, 3.05) is 13.2 Å². The van der Waals surface area contributed by atoms with Gasteiger partial charge in [-0.3, -0.25) is 19.1 Å². The summed E-state index contributed by atoms with van der Waals surface area (Å²) in [5.74, 6) is -0.373. The Labute approximate surface area is 210 Å². The zero-order valence-corrected chi connectivity index (χ0v) is 20.0. The van der Waals surface area contributed by atoms with E-state index >= 15 is 0 Å². The van der Waals surface area contributed by atoms with E-state index in [4.69, 9.17) is 4.74 Å². The van der Waals surface area contributed by atoms with Gasteiger partial charge in [0, 0.05) is 23.7 Å². The Balaban J connectivity index is 1.30. The van der Waals surface area contributed by atoms with E-state index in [2.05, 4.69) is 16.4 Å². The molecule has 188 valence electrons. The number of hydrogen-bond donors (Lipinski definition) is 4. The Morgan fingerprint density at radius 1 is 1.08 bits per heavy atom. The van der Waals surface area contributed by atoms with Crippen LogP contribution in [-0.2, 0) is 4.74 Å². The first-order valence-electron chi connectivity index (χ1n) is 12.0. The van der Waals surface area contributed by atoms with Crippen LogP contribution >= 0.6 is 0 Å². The summed E-state index contributed by atoms with van der Waals surface area (Å²) in [6.07, 6.45) is -0.726. The van der Waals surface area contributed by atoms with Crippen molar-refractivity contribution in [1.82, 2.24) is 14.9 Å². The molecule has 1 amide bonds. The number of aromatic nitrogens is 2. The molecule has 37 heavy (non-hydrogen) atoms. The second-order valence-electron chi connectivity index (χ2n) is 9.68. The van der Waals surface area contributed by atoms with E-state index in [0.717, 1.165) is 32.3 Å². The number of amides is 1. The van der Waals surface area contributed by atoms with Gasteiger partial charge in [0.1, 0.15) is 11.8 Å². The van der Waals surface area contributed by atoms with E-state index in [0.29, 0.717) is 11.1 Å². The molecule has 9 nitrogen and oxygen atoms in total. The van der Waals surface area contributed by atoms with E-state index in [1.165, 1.54) is 10.8 Å². The third kappa shape index (κ3) is 3.62. The lowest BCUT2D eigenvalue weighted by Crippen LogP contribution is -2.52. The molecule has 5 aromatic rings. The summed E-state index contributed by atoms with van der Waals surface area (Å²) in [5.41, 5.74) is -1.93. The van der Waals surface area contributed by atoms with Crippen LogP contribution in [0.5, 0.6) is 0 Å². The van der Waals surface area contributed by atoms with Crippen molar-refractivity contribution >= 4 is 38.2 Å². The molecule has 3 atom stereocenters. The summed E-state index contributed by atoms with van der Waals surface area (Å²) in [6, 6.07) is 17.8. The number of aliphatic hydroxyl groups is 2. The largest absolute Gasteiger partial charge is 0.393 e. The lowest BCUT2D eigenvalue weighted by Gasteiger charge is -2.30. The molecule has 0 aliphatic carbocycles. The first-order chi connectivity index (χ1) is 17.8. The molecule has 4 N–H and O–H groups in total. The third-order valence-electron chi connectivity index (χ3n) is 7.45. The molecular formula is C28H25N3O6. The van der Waals surface area contributed by atoms with Crippen molar-refractivity contribution in [2.24, 2.45) is 0 Å². The minimum Gasteiger partial charge on any atom is -0.393 e. The number of hydrogen-bond acceptors (Lipinski definition) is 6. The summed E-state index contributed by atoms with van der Waals surface area (Å²) >= 11 is 0. The van der Waals surface area contributed by atoms with Gasteiger partial charge in [0.25, 0.3) is 11.5 Å². The summed E-state index contributed by atoms with van der Waals surface area (Å²) in [5, 5.41) is 29.9. The number of aryl methyl sites for hydroxylation is 1. The number of nitrogens with zero attached hydrogens (tertiary/aromatic N) is 1. The molecule has 1 aliphatic heterocycles. The molecule has 1 aromatic heterocycles. The Hall–Kier alpha value is -4.05. The van der Waals surface area contributed by atoms with Crippen LogP contribution in [0.2, 0.25) is 0 Å². The van der Waals surface area contributed by atoms with Crippen LogP contribution in [0.1, 0.15) is 28.6 Å². The summed E-state index contributed by atoms with van der Waals surface area (Å²) in [4.78, 5) is 39.6. The maximum absolute atomic E-state index is 13.4. The van der Waals surface area contributed by atoms with Crippen molar-refractivity contribution in [3.8, 4) is 0 Å². The number of rotatable bonds is 5. The van der Waals surface area contributed by atoms with Gasteiger partial charge < -0.3 is 20.3 Å². The highest BCUT2D eigenvalue weighted by molar-refractivity contribution is 6.26. The molecule has 6 rings (SSSR count). The molecule has 0 bridgehead atoms. The predicted molar refractivity (Wildman–Crippen MR) is 139 cm³/mol. The number of aliphatic hydroxyl groups excluding tert-OH is 2. The van der Waals surface area contributed by atoms with E-state index in [1.807, 2.05) is 42.5 Å². The molecule has 0 spiro atoms. The normalized spacial score (nSPS) is 21.8. The van der Waals surface area contributed by atoms with Gasteiger partial charge in [-0.25, -0.2) is 4.79 Å². The Bertz CT molecular complexity index is 1780. The van der Waals surface area contributed by atoms with Gasteiger partial charge in [-0.2, -0.15) is 0 Å². The smallest absolute Gasteiger partial charge is 0.330 e. The van der Waals surface area contributed by atoms with Crippen molar-refractivity contribution < 1.29 is 19.7 Å². The minimum absolute atomic E-state index is 0.000545. The SMILES string of the molecule is Cc1cn([C@H]2C[C@H](O)[C@](CO)(CNC(=O)c3ccc4ccc5cccc6ccc3c4c56)O2)c(=O)[nH]c1=O. The number of ether oxygens (including phenoxy) is 1. The lowest BCUT2D eigenvalue weighted by atomic mass is 9.91. The number of H-pyrrole nitrogens is 1. The number of carbonyl (C=O) groups is 1. The second-order valence-corrected chi connectivity index (χ2v) is 9.68. The van der Waals surface area contributed by atoms with Crippen molar-refractivity contribution in [3.05, 3.63) is 92.8 Å². The van der Waals surface area contributed by atoms with E-state index in [-0.39, 0.29) is 18.9 Å². The molecule has 1 fully saturated rings. The second kappa shape index (κ2) is 8.52. The quantitative estimate of drug-likeness (QED) is 0.274. The van der Waals surface area contributed by atoms with Gasteiger partial charge in [-0.05, 0) is 45.3 Å². The zero-order chi connectivity index (χ0) is 25.9. The van der Waals surface area contributed by atoms with Gasteiger partial charge in [0.15, 0.2) is 0 Å². The maximum Gasteiger partial charge on any atom is 0.330 e. The fourth-order valence-corrected chi connectivity index (χ4v) is 5.39. The predicted octanol–water partition coefficient (Wildman–Crippen LogP) is 2.18. The summed E-state index contributed by atoms with van der Waals surface area (Å²) in [6.45, 7) is 0.788. The molecular weight excluding hydrogens is 474 g/mol. The molecule has 0 unspecified atom stereocenters. The molecule has 1 aliphatic rings. The highest BCUT2D eigenvalue weighted by Crippen LogP contribution is 2.37. The standard InChI is InChI=1S/C28H25N3O6/c1-15-12-31(27(36)30-25(15)34)22-11-21(33)28(14-32,37-22)13-29-26(35)20-10-8-18-6-5-16-3-2-4-17-7-9-19(20)24(18)23(16)17/h2-10,12,21-22,32-33H,11,13-14H2,1H3,(H,29,35)(H,30,34,36)/t21-,22+,28+/m0/s1. The Morgan fingerprint density at radius 3 is 2.49 bits per heavy atom. The third-order valence-corrected chi connectivity index (χ3v) is 7.45. The van der Waals surface area contributed by atoms with Crippen LogP contribution in [0.15, 0.2) is 70.4 Å². The van der Waals surface area contributed by atoms with Gasteiger partial charge in [0.2, 0.25) is 0 Å². The van der Waals surface area contributed by atoms with E-state index in [9.17, 15) is 24.6 Å². The lowest BCUT2D eigenvalue weighted by molar-refractivity contribution is -0.125.